The Balaban J connectivity index is 5.26. The zero-order valence-corrected chi connectivity index (χ0v) is 31.8. The van der Waals surface area contributed by atoms with Gasteiger partial charge in [-0.25, -0.2) is 0 Å². The van der Waals surface area contributed by atoms with Crippen molar-refractivity contribution in [1.82, 2.24) is 0 Å². The Bertz CT molecular complexity index is 745. The topological polar surface area (TPSA) is 223 Å². The van der Waals surface area contributed by atoms with E-state index in [9.17, 15) is 19.2 Å². The van der Waals surface area contributed by atoms with Gasteiger partial charge in [0, 0.05) is 52.1 Å². The molecule has 0 aliphatic rings. The van der Waals surface area contributed by atoms with Crippen LogP contribution in [0.1, 0.15) is 103 Å². The fraction of sp³-hybridized carbons (Fsp3) is 0.892. The van der Waals surface area contributed by atoms with Crippen LogP contribution in [-0.2, 0) is 57.1 Å². The molecule has 4 N–H and O–H groups in total. The molecule has 0 atom stereocenters. The molecule has 0 amide bonds. The molecule has 312 valence electrons. The number of carbonyl (C=O) groups is 4. The number of hydrogen-bond donors (Lipinski definition) is 4. The van der Waals surface area contributed by atoms with E-state index < -0.39 is 5.41 Å². The van der Waals surface area contributed by atoms with Gasteiger partial charge in [0.2, 0.25) is 0 Å². The SMILES string of the molecule is O=C(CCCCCO)OCCOCC(COCCOC(=O)CCCCCO)(COCCOC(=O)CCCCCO)COCCOC(=O)CCCCCO. The number of hydrogen-bond acceptors (Lipinski definition) is 16. The fourth-order valence-electron chi connectivity index (χ4n) is 4.78. The molecule has 0 aromatic rings. The summed E-state index contributed by atoms with van der Waals surface area (Å²) < 4.78 is 44.7. The zero-order chi connectivity index (χ0) is 39.1. The van der Waals surface area contributed by atoms with Gasteiger partial charge in [0.15, 0.2) is 0 Å². The van der Waals surface area contributed by atoms with Crippen molar-refractivity contribution in [1.29, 1.82) is 0 Å². The minimum atomic E-state index is -0.911. The molecule has 0 aliphatic heterocycles. The van der Waals surface area contributed by atoms with E-state index in [1.54, 1.807) is 0 Å². The van der Waals surface area contributed by atoms with E-state index in [-0.39, 0.29) is 155 Å². The monoisotopic (exact) mass is 768 g/mol. The molecular formula is C37H68O16. The lowest BCUT2D eigenvalue weighted by Crippen LogP contribution is -2.43. The molecule has 0 fully saturated rings. The average Bonchev–Trinajstić information content (AvgIpc) is 3.14. The summed E-state index contributed by atoms with van der Waals surface area (Å²) in [4.78, 5) is 48.2. The molecule has 0 bridgehead atoms. The summed E-state index contributed by atoms with van der Waals surface area (Å²) in [6.45, 7) is 0.955. The number of aliphatic hydroxyl groups is 4. The summed E-state index contributed by atoms with van der Waals surface area (Å²) in [6, 6.07) is 0. The molecule has 0 unspecified atom stereocenters. The van der Waals surface area contributed by atoms with E-state index in [2.05, 4.69) is 0 Å². The maximum atomic E-state index is 12.0. The summed E-state index contributed by atoms with van der Waals surface area (Å²) in [6.07, 6.45) is 8.84. The van der Waals surface area contributed by atoms with Gasteiger partial charge in [-0.05, 0) is 51.4 Å². The number of carbonyl (C=O) groups excluding carboxylic acids is 4. The lowest BCUT2D eigenvalue weighted by atomic mass is 9.92. The van der Waals surface area contributed by atoms with Crippen molar-refractivity contribution in [3.05, 3.63) is 0 Å². The Morgan fingerprint density at radius 1 is 0.321 bits per heavy atom. The van der Waals surface area contributed by atoms with E-state index in [0.717, 1.165) is 25.7 Å². The first-order valence-electron chi connectivity index (χ1n) is 19.2. The third-order valence-corrected chi connectivity index (χ3v) is 7.75. The van der Waals surface area contributed by atoms with Crippen LogP contribution in [0.25, 0.3) is 0 Å². The van der Waals surface area contributed by atoms with Crippen molar-refractivity contribution >= 4 is 23.9 Å². The van der Waals surface area contributed by atoms with Gasteiger partial charge < -0.3 is 58.3 Å². The molecule has 16 nitrogen and oxygen atoms in total. The summed E-state index contributed by atoms with van der Waals surface area (Å²) in [5, 5.41) is 35.6. The third-order valence-electron chi connectivity index (χ3n) is 7.75. The first-order chi connectivity index (χ1) is 25.8. The molecular weight excluding hydrogens is 700 g/mol. The van der Waals surface area contributed by atoms with Crippen molar-refractivity contribution in [2.45, 2.75) is 103 Å². The summed E-state index contributed by atoms with van der Waals surface area (Å²) in [5.41, 5.74) is -0.911. The van der Waals surface area contributed by atoms with Crippen LogP contribution in [-0.4, -0.2) is 150 Å². The van der Waals surface area contributed by atoms with Gasteiger partial charge in [0.05, 0.1) is 58.3 Å². The summed E-state index contributed by atoms with van der Waals surface area (Å²) in [7, 11) is 0. The Kier molecular flexibility index (Phi) is 36.1. The Morgan fingerprint density at radius 2 is 0.547 bits per heavy atom. The Morgan fingerprint density at radius 3 is 0.755 bits per heavy atom. The number of unbranched alkanes of at least 4 members (excludes halogenated alkanes) is 8. The molecule has 0 rings (SSSR count). The zero-order valence-electron chi connectivity index (χ0n) is 31.8. The Labute approximate surface area is 315 Å². The van der Waals surface area contributed by atoms with Crippen LogP contribution in [0.5, 0.6) is 0 Å². The molecule has 0 heterocycles. The van der Waals surface area contributed by atoms with E-state index in [1.807, 2.05) is 0 Å². The highest BCUT2D eigenvalue weighted by Gasteiger charge is 2.33. The predicted octanol–water partition coefficient (Wildman–Crippen LogP) is 2.42. The van der Waals surface area contributed by atoms with E-state index in [0.29, 0.717) is 51.4 Å². The lowest BCUT2D eigenvalue weighted by molar-refractivity contribution is -0.151. The van der Waals surface area contributed by atoms with Crippen LogP contribution >= 0.6 is 0 Å². The van der Waals surface area contributed by atoms with Crippen LogP contribution in [0.3, 0.4) is 0 Å². The molecule has 0 spiro atoms. The maximum absolute atomic E-state index is 12.0. The van der Waals surface area contributed by atoms with Gasteiger partial charge in [0.1, 0.15) is 26.4 Å². The highest BCUT2D eigenvalue weighted by Crippen LogP contribution is 2.21. The number of esters is 4. The average molecular weight is 769 g/mol. The van der Waals surface area contributed by atoms with Crippen LogP contribution in [0.2, 0.25) is 0 Å². The van der Waals surface area contributed by atoms with Crippen LogP contribution in [0.15, 0.2) is 0 Å². The second kappa shape index (κ2) is 37.9. The second-order valence-electron chi connectivity index (χ2n) is 12.7. The van der Waals surface area contributed by atoms with E-state index in [4.69, 9.17) is 58.3 Å². The molecule has 0 radical (unpaired) electrons. The summed E-state index contributed by atoms with van der Waals surface area (Å²) >= 11 is 0. The van der Waals surface area contributed by atoms with Crippen molar-refractivity contribution < 1.29 is 77.5 Å². The number of aliphatic hydroxyl groups excluding tert-OH is 4. The van der Waals surface area contributed by atoms with Gasteiger partial charge in [-0.1, -0.05) is 25.7 Å². The van der Waals surface area contributed by atoms with Crippen LogP contribution < -0.4 is 0 Å². The standard InChI is InChI=1S/C37H68O16/c38-17-9-1-5-13-33(42)50-25-21-46-29-37(30-47-22-26-51-34(43)14-6-2-10-18-39,31-48-23-27-52-35(44)15-7-3-11-19-40)32-49-24-28-53-36(45)16-8-4-12-20-41/h38-41H,1-32H2. The molecule has 16 heteroatoms. The molecule has 0 aromatic carbocycles. The number of ether oxygens (including phenoxy) is 8. The van der Waals surface area contributed by atoms with Crippen LogP contribution in [0, 0.1) is 5.41 Å². The lowest BCUT2D eigenvalue weighted by Gasteiger charge is -2.33. The third kappa shape index (κ3) is 33.8. The second-order valence-corrected chi connectivity index (χ2v) is 12.7. The quantitative estimate of drug-likeness (QED) is 0.0399. The largest absolute Gasteiger partial charge is 0.463 e. The van der Waals surface area contributed by atoms with E-state index in [1.165, 1.54) is 0 Å². The van der Waals surface area contributed by atoms with Crippen molar-refractivity contribution in [2.75, 3.05) is 106 Å². The predicted molar refractivity (Wildman–Crippen MR) is 192 cm³/mol. The van der Waals surface area contributed by atoms with E-state index >= 15 is 0 Å². The molecule has 53 heavy (non-hydrogen) atoms. The van der Waals surface area contributed by atoms with Crippen molar-refractivity contribution in [2.24, 2.45) is 5.41 Å². The minimum Gasteiger partial charge on any atom is -0.463 e. The fourth-order valence-corrected chi connectivity index (χ4v) is 4.78. The molecule has 0 aliphatic carbocycles. The van der Waals surface area contributed by atoms with Gasteiger partial charge in [-0.15, -0.1) is 0 Å². The summed E-state index contributed by atoms with van der Waals surface area (Å²) in [5.74, 6) is -1.44. The molecule has 0 saturated carbocycles. The normalized spacial score (nSPS) is 11.4. The molecule has 0 aromatic heterocycles. The maximum Gasteiger partial charge on any atom is 0.305 e. The first kappa shape index (κ1) is 50.6. The van der Waals surface area contributed by atoms with Crippen LogP contribution in [0.4, 0.5) is 0 Å². The number of rotatable bonds is 40. The van der Waals surface area contributed by atoms with Gasteiger partial charge >= 0.3 is 23.9 Å². The minimum absolute atomic E-state index is 0.0221. The smallest absolute Gasteiger partial charge is 0.305 e. The highest BCUT2D eigenvalue weighted by atomic mass is 16.6. The Hall–Kier alpha value is -2.44. The van der Waals surface area contributed by atoms with Crippen molar-refractivity contribution in [3.8, 4) is 0 Å². The molecule has 0 saturated heterocycles. The first-order valence-corrected chi connectivity index (χ1v) is 19.2. The highest BCUT2D eigenvalue weighted by molar-refractivity contribution is 5.70. The van der Waals surface area contributed by atoms with Gasteiger partial charge in [-0.3, -0.25) is 19.2 Å². The van der Waals surface area contributed by atoms with Gasteiger partial charge in [0.25, 0.3) is 0 Å². The van der Waals surface area contributed by atoms with Crippen molar-refractivity contribution in [3.63, 3.8) is 0 Å². The van der Waals surface area contributed by atoms with Gasteiger partial charge in [-0.2, -0.15) is 0 Å².